The molecule has 0 fully saturated rings. The maximum atomic E-state index is 11.2. The van der Waals surface area contributed by atoms with Crippen molar-refractivity contribution in [1.82, 2.24) is 19.7 Å². The number of fused-ring (bicyclic) bond motifs is 1. The van der Waals surface area contributed by atoms with E-state index in [-0.39, 0.29) is 5.56 Å². The van der Waals surface area contributed by atoms with Crippen LogP contribution in [0.2, 0.25) is 0 Å². The van der Waals surface area contributed by atoms with Gasteiger partial charge in [0.05, 0.1) is 5.56 Å². The predicted molar refractivity (Wildman–Crippen MR) is 73.8 cm³/mol. The maximum Gasteiger partial charge on any atom is 0.337 e. The first-order valence-corrected chi connectivity index (χ1v) is 6.61. The number of carbonyl (C=O) groups is 1. The molecule has 0 amide bonds. The van der Waals surface area contributed by atoms with E-state index in [1.54, 1.807) is 17.8 Å². The van der Waals surface area contributed by atoms with E-state index in [0.717, 1.165) is 5.39 Å². The molecule has 0 saturated heterocycles. The molecule has 1 N–H and O–H groups in total. The van der Waals surface area contributed by atoms with Crippen LogP contribution in [0.1, 0.15) is 10.4 Å². The quantitative estimate of drug-likeness (QED) is 0.795. The molecular formula is C13H10N4O2S. The van der Waals surface area contributed by atoms with E-state index in [9.17, 15) is 9.90 Å². The molecule has 3 rings (SSSR count). The fraction of sp³-hybridized carbons (Fsp3) is 0.0769. The third-order valence-corrected chi connectivity index (χ3v) is 3.92. The van der Waals surface area contributed by atoms with Gasteiger partial charge in [0.2, 0.25) is 0 Å². The van der Waals surface area contributed by atoms with E-state index >= 15 is 0 Å². The van der Waals surface area contributed by atoms with Crippen LogP contribution in [0.5, 0.6) is 0 Å². The fourth-order valence-electron chi connectivity index (χ4n) is 1.88. The Bertz CT molecular complexity index is 800. The number of pyridine rings is 1. The summed E-state index contributed by atoms with van der Waals surface area (Å²) in [5, 5.41) is 16.1. The smallest absolute Gasteiger partial charge is 0.337 e. The highest BCUT2D eigenvalue weighted by Gasteiger charge is 2.14. The van der Waals surface area contributed by atoms with Crippen LogP contribution >= 0.6 is 11.8 Å². The summed E-state index contributed by atoms with van der Waals surface area (Å²) < 4.78 is 1.65. The Morgan fingerprint density at radius 3 is 2.65 bits per heavy atom. The standard InChI is InChI=1S/C13H10N4O2S/c1-17-13(15-7-16-17)20-11-9-5-3-2-4-8(9)10(6-14-11)12(18)19/h2-7H,1H3,(H,18,19). The monoisotopic (exact) mass is 286 g/mol. The topological polar surface area (TPSA) is 80.9 Å². The Morgan fingerprint density at radius 1 is 1.25 bits per heavy atom. The zero-order valence-corrected chi connectivity index (χ0v) is 11.3. The molecule has 0 atom stereocenters. The van der Waals surface area contributed by atoms with Crippen LogP contribution in [0.25, 0.3) is 10.8 Å². The van der Waals surface area contributed by atoms with Crippen LogP contribution in [0.3, 0.4) is 0 Å². The lowest BCUT2D eigenvalue weighted by atomic mass is 10.1. The third kappa shape index (κ3) is 2.12. The highest BCUT2D eigenvalue weighted by atomic mass is 32.2. The summed E-state index contributed by atoms with van der Waals surface area (Å²) in [5.74, 6) is -0.982. The molecule has 2 aromatic heterocycles. The molecular weight excluding hydrogens is 276 g/mol. The van der Waals surface area contributed by atoms with Crippen molar-refractivity contribution in [3.63, 3.8) is 0 Å². The molecule has 7 heteroatoms. The second-order valence-corrected chi connectivity index (χ2v) is 5.05. The summed E-state index contributed by atoms with van der Waals surface area (Å²) in [4.78, 5) is 19.6. The molecule has 3 aromatic rings. The van der Waals surface area contributed by atoms with Gasteiger partial charge in [-0.25, -0.2) is 19.4 Å². The van der Waals surface area contributed by atoms with Crippen LogP contribution in [0.4, 0.5) is 0 Å². The first kappa shape index (κ1) is 12.6. The molecule has 0 spiro atoms. The van der Waals surface area contributed by atoms with Crippen molar-refractivity contribution in [2.24, 2.45) is 7.05 Å². The Morgan fingerprint density at radius 2 is 2.00 bits per heavy atom. The van der Waals surface area contributed by atoms with Crippen LogP contribution in [0, 0.1) is 0 Å². The number of benzene rings is 1. The van der Waals surface area contributed by atoms with Gasteiger partial charge in [0.25, 0.3) is 0 Å². The van der Waals surface area contributed by atoms with Gasteiger partial charge >= 0.3 is 5.97 Å². The molecule has 1 aromatic carbocycles. The van der Waals surface area contributed by atoms with Crippen LogP contribution in [0.15, 0.2) is 47.0 Å². The first-order valence-electron chi connectivity index (χ1n) is 5.79. The number of carboxylic acids is 1. The third-order valence-electron chi connectivity index (χ3n) is 2.85. The SMILES string of the molecule is Cn1ncnc1Sc1ncc(C(=O)O)c2ccccc12. The van der Waals surface area contributed by atoms with Gasteiger partial charge in [0.15, 0.2) is 5.16 Å². The van der Waals surface area contributed by atoms with Crippen molar-refractivity contribution in [3.8, 4) is 0 Å². The molecule has 100 valence electrons. The van der Waals surface area contributed by atoms with Gasteiger partial charge < -0.3 is 5.11 Å². The number of nitrogens with zero attached hydrogens (tertiary/aromatic N) is 4. The molecule has 20 heavy (non-hydrogen) atoms. The lowest BCUT2D eigenvalue weighted by molar-refractivity contribution is 0.0698. The molecule has 0 aliphatic heterocycles. The lowest BCUT2D eigenvalue weighted by Gasteiger charge is -2.07. The van der Waals surface area contributed by atoms with E-state index < -0.39 is 5.97 Å². The number of carboxylic acid groups (broad SMARTS) is 1. The Kier molecular flexibility index (Phi) is 3.11. The fourth-order valence-corrected chi connectivity index (χ4v) is 2.73. The van der Waals surface area contributed by atoms with Gasteiger partial charge in [-0.15, -0.1) is 0 Å². The minimum absolute atomic E-state index is 0.197. The van der Waals surface area contributed by atoms with E-state index in [1.165, 1.54) is 24.3 Å². The van der Waals surface area contributed by atoms with Crippen LogP contribution in [-0.2, 0) is 7.05 Å². The average Bonchev–Trinajstić information content (AvgIpc) is 2.84. The summed E-state index contributed by atoms with van der Waals surface area (Å²) >= 11 is 1.36. The van der Waals surface area contributed by atoms with Crippen molar-refractivity contribution in [2.75, 3.05) is 0 Å². The number of hydrogen-bond donors (Lipinski definition) is 1. The Balaban J connectivity index is 2.15. The second kappa shape index (κ2) is 4.93. The number of rotatable bonds is 3. The highest BCUT2D eigenvalue weighted by molar-refractivity contribution is 7.99. The Labute approximate surface area is 118 Å². The van der Waals surface area contributed by atoms with Crippen molar-refractivity contribution >= 4 is 28.5 Å². The summed E-state index contributed by atoms with van der Waals surface area (Å²) in [6.07, 6.45) is 2.85. The van der Waals surface area contributed by atoms with Crippen LogP contribution in [-0.4, -0.2) is 30.8 Å². The van der Waals surface area contributed by atoms with Gasteiger partial charge in [0, 0.05) is 24.0 Å². The van der Waals surface area contributed by atoms with E-state index in [1.807, 2.05) is 18.2 Å². The molecule has 0 aliphatic rings. The molecule has 0 radical (unpaired) electrons. The Hall–Kier alpha value is -2.41. The molecule has 0 aliphatic carbocycles. The number of aryl methyl sites for hydroxylation is 1. The zero-order chi connectivity index (χ0) is 14.1. The zero-order valence-electron chi connectivity index (χ0n) is 10.5. The van der Waals surface area contributed by atoms with E-state index in [2.05, 4.69) is 15.1 Å². The van der Waals surface area contributed by atoms with Gasteiger partial charge in [-0.05, 0) is 11.8 Å². The van der Waals surface area contributed by atoms with Gasteiger partial charge in [-0.3, -0.25) is 0 Å². The largest absolute Gasteiger partial charge is 0.478 e. The second-order valence-electron chi connectivity index (χ2n) is 4.10. The molecule has 0 unspecified atom stereocenters. The van der Waals surface area contributed by atoms with Crippen molar-refractivity contribution in [3.05, 3.63) is 42.4 Å². The first-order chi connectivity index (χ1) is 9.66. The van der Waals surface area contributed by atoms with Crippen molar-refractivity contribution < 1.29 is 9.90 Å². The van der Waals surface area contributed by atoms with Crippen molar-refractivity contribution in [1.29, 1.82) is 0 Å². The van der Waals surface area contributed by atoms with Gasteiger partial charge in [-0.1, -0.05) is 24.3 Å². The van der Waals surface area contributed by atoms with Crippen LogP contribution < -0.4 is 0 Å². The van der Waals surface area contributed by atoms with E-state index in [0.29, 0.717) is 15.6 Å². The summed E-state index contributed by atoms with van der Waals surface area (Å²) in [7, 11) is 1.79. The minimum Gasteiger partial charge on any atom is -0.478 e. The minimum atomic E-state index is -0.982. The molecule has 2 heterocycles. The summed E-state index contributed by atoms with van der Waals surface area (Å²) in [6.45, 7) is 0. The van der Waals surface area contributed by atoms with Crippen molar-refractivity contribution in [2.45, 2.75) is 10.2 Å². The maximum absolute atomic E-state index is 11.2. The highest BCUT2D eigenvalue weighted by Crippen LogP contribution is 2.31. The number of aromatic nitrogens is 4. The molecule has 6 nitrogen and oxygen atoms in total. The van der Waals surface area contributed by atoms with E-state index in [4.69, 9.17) is 0 Å². The summed E-state index contributed by atoms with van der Waals surface area (Å²) in [6, 6.07) is 7.30. The summed E-state index contributed by atoms with van der Waals surface area (Å²) in [5.41, 5.74) is 0.197. The molecule has 0 bridgehead atoms. The lowest BCUT2D eigenvalue weighted by Crippen LogP contribution is -2.00. The van der Waals surface area contributed by atoms with Gasteiger partial charge in [0.1, 0.15) is 11.4 Å². The normalized spacial score (nSPS) is 10.8. The number of aromatic carboxylic acids is 1. The molecule has 0 saturated carbocycles. The number of hydrogen-bond acceptors (Lipinski definition) is 5. The average molecular weight is 286 g/mol. The predicted octanol–water partition coefficient (Wildman–Crippen LogP) is 2.21. The van der Waals surface area contributed by atoms with Gasteiger partial charge in [-0.2, -0.15) is 5.10 Å².